The number of likely N-dealkylation sites (tertiary alicyclic amines) is 2. The molecule has 0 bridgehead atoms. The summed E-state index contributed by atoms with van der Waals surface area (Å²) >= 11 is 0. The van der Waals surface area contributed by atoms with Gasteiger partial charge in [0, 0.05) is 32.0 Å². The predicted octanol–water partition coefficient (Wildman–Crippen LogP) is 2.13. The van der Waals surface area contributed by atoms with E-state index in [1.807, 2.05) is 60.7 Å². The molecule has 0 aromatic heterocycles. The van der Waals surface area contributed by atoms with E-state index in [9.17, 15) is 24.3 Å². The highest BCUT2D eigenvalue weighted by molar-refractivity contribution is 5.94. The molecule has 2 heterocycles. The first-order valence-electron chi connectivity index (χ1n) is 13.8. The Bertz CT molecular complexity index is 1140. The smallest absolute Gasteiger partial charge is 0.326 e. The van der Waals surface area contributed by atoms with Gasteiger partial charge in [-0.3, -0.25) is 14.4 Å². The van der Waals surface area contributed by atoms with Gasteiger partial charge in [-0.15, -0.1) is 0 Å². The normalized spacial score (nSPS) is 20.4. The summed E-state index contributed by atoms with van der Waals surface area (Å²) < 4.78 is 0. The first kappa shape index (κ1) is 28.3. The number of carboxylic acid groups (broad SMARTS) is 1. The number of rotatable bonds is 11. The van der Waals surface area contributed by atoms with Gasteiger partial charge in [-0.2, -0.15) is 0 Å². The van der Waals surface area contributed by atoms with Crippen LogP contribution in [0.4, 0.5) is 0 Å². The van der Waals surface area contributed by atoms with Crippen LogP contribution in [0.1, 0.15) is 49.7 Å². The van der Waals surface area contributed by atoms with Crippen molar-refractivity contribution in [1.29, 1.82) is 0 Å². The second-order valence-electron chi connectivity index (χ2n) is 10.5. The Morgan fingerprint density at radius 3 is 2.03 bits per heavy atom. The molecule has 2 aliphatic heterocycles. The Hall–Kier alpha value is -3.72. The highest BCUT2D eigenvalue weighted by atomic mass is 16.4. The van der Waals surface area contributed by atoms with Crippen LogP contribution in [0, 0.1) is 0 Å². The minimum Gasteiger partial charge on any atom is -0.480 e. The number of benzene rings is 2. The van der Waals surface area contributed by atoms with Crippen molar-refractivity contribution in [2.24, 2.45) is 5.73 Å². The average molecular weight is 535 g/mol. The van der Waals surface area contributed by atoms with Crippen molar-refractivity contribution in [3.05, 3.63) is 71.8 Å². The van der Waals surface area contributed by atoms with Gasteiger partial charge in [-0.25, -0.2) is 4.79 Å². The third kappa shape index (κ3) is 7.44. The molecule has 9 heteroatoms. The van der Waals surface area contributed by atoms with E-state index < -0.39 is 24.1 Å². The fourth-order valence-electron chi connectivity index (χ4n) is 5.62. The number of aliphatic carboxylic acids is 1. The van der Waals surface area contributed by atoms with Crippen LogP contribution in [0.25, 0.3) is 0 Å². The van der Waals surface area contributed by atoms with Crippen LogP contribution in [0.2, 0.25) is 0 Å². The molecule has 2 fully saturated rings. The fourth-order valence-corrected chi connectivity index (χ4v) is 5.62. The number of hydrogen-bond donors (Lipinski definition) is 3. The minimum atomic E-state index is -1.02. The molecular weight excluding hydrogens is 496 g/mol. The van der Waals surface area contributed by atoms with Gasteiger partial charge < -0.3 is 26.0 Å². The largest absolute Gasteiger partial charge is 0.480 e. The summed E-state index contributed by atoms with van der Waals surface area (Å²) in [6.07, 6.45) is 3.78. The predicted molar refractivity (Wildman–Crippen MR) is 147 cm³/mol. The molecule has 2 aromatic rings. The molecular formula is C30H38N4O5. The third-order valence-electron chi connectivity index (χ3n) is 7.64. The second kappa shape index (κ2) is 13.4. The lowest BCUT2D eigenvalue weighted by Crippen LogP contribution is -2.56. The molecule has 0 unspecified atom stereocenters. The van der Waals surface area contributed by atoms with Crippen molar-refractivity contribution in [2.45, 2.75) is 75.5 Å². The number of nitrogens with two attached hydrogens (primary N) is 1. The molecule has 2 aliphatic rings. The molecule has 0 spiro atoms. The Kier molecular flexibility index (Phi) is 9.70. The van der Waals surface area contributed by atoms with E-state index in [1.54, 1.807) is 0 Å². The Morgan fingerprint density at radius 1 is 0.846 bits per heavy atom. The van der Waals surface area contributed by atoms with Gasteiger partial charge in [-0.05, 0) is 49.7 Å². The lowest BCUT2D eigenvalue weighted by atomic mass is 10.0. The van der Waals surface area contributed by atoms with Crippen molar-refractivity contribution in [2.75, 3.05) is 13.1 Å². The number of nitrogens with zero attached hydrogens (tertiary/aromatic N) is 2. The van der Waals surface area contributed by atoms with Crippen LogP contribution in [0.5, 0.6) is 0 Å². The molecule has 39 heavy (non-hydrogen) atoms. The van der Waals surface area contributed by atoms with Crippen molar-refractivity contribution in [3.63, 3.8) is 0 Å². The molecule has 4 atom stereocenters. The highest BCUT2D eigenvalue weighted by Crippen LogP contribution is 2.26. The number of hydrogen-bond acceptors (Lipinski definition) is 5. The van der Waals surface area contributed by atoms with E-state index >= 15 is 0 Å². The van der Waals surface area contributed by atoms with Crippen LogP contribution in [-0.4, -0.2) is 75.9 Å². The maximum Gasteiger partial charge on any atom is 0.326 e. The summed E-state index contributed by atoms with van der Waals surface area (Å²) in [4.78, 5) is 54.8. The average Bonchev–Trinajstić information content (AvgIpc) is 3.63. The van der Waals surface area contributed by atoms with E-state index in [0.29, 0.717) is 58.0 Å². The Labute approximate surface area is 229 Å². The van der Waals surface area contributed by atoms with E-state index in [4.69, 9.17) is 5.73 Å². The van der Waals surface area contributed by atoms with E-state index in [0.717, 1.165) is 11.1 Å². The van der Waals surface area contributed by atoms with Gasteiger partial charge in [-0.1, -0.05) is 60.7 Å². The van der Waals surface area contributed by atoms with Crippen molar-refractivity contribution >= 4 is 23.7 Å². The van der Waals surface area contributed by atoms with Crippen LogP contribution >= 0.6 is 0 Å². The number of nitrogens with one attached hydrogen (secondary N) is 1. The molecule has 208 valence electrons. The number of carbonyl (C=O) groups excluding carboxylic acids is 3. The number of amides is 3. The van der Waals surface area contributed by atoms with Gasteiger partial charge in [0.2, 0.25) is 17.7 Å². The van der Waals surface area contributed by atoms with Crippen LogP contribution in [-0.2, 0) is 32.0 Å². The fraction of sp³-hybridized carbons (Fsp3) is 0.467. The summed E-state index contributed by atoms with van der Waals surface area (Å²) in [5.74, 6) is -1.91. The highest BCUT2D eigenvalue weighted by Gasteiger charge is 2.43. The van der Waals surface area contributed by atoms with Gasteiger partial charge in [0.05, 0.1) is 0 Å². The maximum atomic E-state index is 13.8. The molecule has 2 aromatic carbocycles. The van der Waals surface area contributed by atoms with Crippen molar-refractivity contribution < 1.29 is 24.3 Å². The summed E-state index contributed by atoms with van der Waals surface area (Å²) in [7, 11) is 0. The van der Waals surface area contributed by atoms with Crippen molar-refractivity contribution in [3.8, 4) is 0 Å². The van der Waals surface area contributed by atoms with Crippen LogP contribution in [0.3, 0.4) is 0 Å². The summed E-state index contributed by atoms with van der Waals surface area (Å²) in [6, 6.07) is 16.7. The molecule has 4 rings (SSSR count). The van der Waals surface area contributed by atoms with Gasteiger partial charge in [0.25, 0.3) is 0 Å². The third-order valence-corrected chi connectivity index (χ3v) is 7.64. The molecule has 9 nitrogen and oxygen atoms in total. The van der Waals surface area contributed by atoms with E-state index in [2.05, 4.69) is 5.32 Å². The SMILES string of the molecule is N[C@@H](CCC(=O)N[C@H](Cc1ccccc1)C(=O)N1CCC[C@@H]1C(=O)N1CCC[C@@H]1C(=O)O)Cc1ccccc1. The maximum absolute atomic E-state index is 13.8. The number of carbonyl (C=O) groups is 4. The van der Waals surface area contributed by atoms with Gasteiger partial charge >= 0.3 is 5.97 Å². The van der Waals surface area contributed by atoms with Crippen molar-refractivity contribution in [1.82, 2.24) is 15.1 Å². The molecule has 0 aliphatic carbocycles. The minimum absolute atomic E-state index is 0.184. The first-order valence-corrected chi connectivity index (χ1v) is 13.8. The van der Waals surface area contributed by atoms with Gasteiger partial charge in [0.15, 0.2) is 0 Å². The molecule has 0 radical (unpaired) electrons. The van der Waals surface area contributed by atoms with Gasteiger partial charge in [0.1, 0.15) is 18.1 Å². The zero-order chi connectivity index (χ0) is 27.8. The lowest BCUT2D eigenvalue weighted by molar-refractivity contribution is -0.152. The molecule has 2 saturated heterocycles. The summed E-state index contributed by atoms with van der Waals surface area (Å²) in [5.41, 5.74) is 8.27. The molecule has 4 N–H and O–H groups in total. The van der Waals surface area contributed by atoms with Crippen LogP contribution in [0.15, 0.2) is 60.7 Å². The Balaban J connectivity index is 1.42. The second-order valence-corrected chi connectivity index (χ2v) is 10.5. The lowest BCUT2D eigenvalue weighted by Gasteiger charge is -2.32. The topological polar surface area (TPSA) is 133 Å². The van der Waals surface area contributed by atoms with E-state index in [1.165, 1.54) is 9.80 Å². The Morgan fingerprint density at radius 2 is 1.41 bits per heavy atom. The van der Waals surface area contributed by atoms with E-state index in [-0.39, 0.29) is 30.2 Å². The molecule has 0 saturated carbocycles. The number of carboxylic acids is 1. The first-order chi connectivity index (χ1) is 18.8. The summed E-state index contributed by atoms with van der Waals surface area (Å²) in [6.45, 7) is 0.770. The zero-order valence-corrected chi connectivity index (χ0v) is 22.2. The molecule has 3 amide bonds. The quantitative estimate of drug-likeness (QED) is 0.405. The summed E-state index contributed by atoms with van der Waals surface area (Å²) in [5, 5.41) is 12.5. The monoisotopic (exact) mass is 534 g/mol. The standard InChI is InChI=1S/C30H38N4O5/c31-23(19-21-9-3-1-4-10-21)15-16-27(35)32-24(20-22-11-5-2-6-12-22)28(36)33-17-7-13-25(33)29(37)34-18-8-14-26(34)30(38)39/h1-6,9-12,23-26H,7-8,13-20,31H2,(H,32,35)(H,38,39)/t23-,24+,25+,26+/m0/s1. The zero-order valence-electron chi connectivity index (χ0n) is 22.2. The van der Waals surface area contributed by atoms with Crippen LogP contribution < -0.4 is 11.1 Å².